The molecule has 6 rings (SSSR count). The number of hydrogen-bond donors (Lipinski definition) is 1. The summed E-state index contributed by atoms with van der Waals surface area (Å²) in [6.45, 7) is 6.97. The zero-order valence-corrected chi connectivity index (χ0v) is 23.0. The van der Waals surface area contributed by atoms with Crippen molar-refractivity contribution >= 4 is 34.6 Å². The smallest absolute Gasteiger partial charge is 0.296 e. The first-order valence-electron chi connectivity index (χ1n) is 14.1. The molecule has 13 heteroatoms. The average Bonchev–Trinajstić information content (AvgIpc) is 3.37. The van der Waals surface area contributed by atoms with Gasteiger partial charge in [-0.05, 0) is 25.0 Å². The number of ether oxygens (including phenoxy) is 1. The number of piperidine rings is 1. The Morgan fingerprint density at radius 2 is 1.76 bits per heavy atom. The van der Waals surface area contributed by atoms with Gasteiger partial charge in [0.25, 0.3) is 6.43 Å². The zero-order chi connectivity index (χ0) is 28.5. The molecular formula is C28H34F2N8O3. The third-order valence-corrected chi connectivity index (χ3v) is 8.14. The fraction of sp³-hybridized carbons (Fsp3) is 0.536. The summed E-state index contributed by atoms with van der Waals surface area (Å²) in [7, 11) is 0. The number of alkyl halides is 2. The molecule has 1 N–H and O–H groups in total. The van der Waals surface area contributed by atoms with Crippen LogP contribution in [-0.4, -0.2) is 100 Å². The van der Waals surface area contributed by atoms with E-state index >= 15 is 0 Å². The van der Waals surface area contributed by atoms with E-state index in [1.165, 1.54) is 4.57 Å². The first-order chi connectivity index (χ1) is 19.9. The molecule has 3 aliphatic rings. The molecule has 5 heterocycles. The summed E-state index contributed by atoms with van der Waals surface area (Å²) in [5.74, 6) is 1.34. The van der Waals surface area contributed by atoms with Gasteiger partial charge in [0.2, 0.25) is 17.8 Å². The summed E-state index contributed by atoms with van der Waals surface area (Å²) >= 11 is 0. The topological polar surface area (TPSA) is 109 Å². The van der Waals surface area contributed by atoms with Crippen LogP contribution in [0.5, 0.6) is 0 Å². The number of amides is 2. The molecule has 41 heavy (non-hydrogen) atoms. The molecule has 3 fully saturated rings. The van der Waals surface area contributed by atoms with Crippen molar-refractivity contribution in [2.45, 2.75) is 26.2 Å². The van der Waals surface area contributed by atoms with Gasteiger partial charge in [-0.15, -0.1) is 0 Å². The number of carbonyl (C=O) groups is 2. The van der Waals surface area contributed by atoms with Gasteiger partial charge in [-0.2, -0.15) is 9.97 Å². The minimum absolute atomic E-state index is 0.0333. The maximum atomic E-state index is 14.1. The summed E-state index contributed by atoms with van der Waals surface area (Å²) < 4.78 is 35.0. The van der Waals surface area contributed by atoms with Crippen LogP contribution >= 0.6 is 0 Å². The average molecular weight is 569 g/mol. The van der Waals surface area contributed by atoms with Crippen molar-refractivity contribution in [3.63, 3.8) is 0 Å². The van der Waals surface area contributed by atoms with Crippen LogP contribution in [0, 0.1) is 11.8 Å². The lowest BCUT2D eigenvalue weighted by atomic mass is 9.91. The van der Waals surface area contributed by atoms with Crippen molar-refractivity contribution in [2.75, 3.05) is 69.2 Å². The summed E-state index contributed by atoms with van der Waals surface area (Å²) in [5.41, 5.74) is 1.01. The largest absolute Gasteiger partial charge is 0.378 e. The number of likely N-dealkylation sites (tertiary alicyclic amines) is 2. The van der Waals surface area contributed by atoms with E-state index in [0.29, 0.717) is 100 Å². The fourth-order valence-electron chi connectivity index (χ4n) is 5.79. The van der Waals surface area contributed by atoms with Crippen LogP contribution in [0.3, 0.4) is 0 Å². The highest BCUT2D eigenvalue weighted by molar-refractivity contribution is 5.80. The maximum Gasteiger partial charge on any atom is 0.296 e. The molecule has 0 unspecified atom stereocenters. The lowest BCUT2D eigenvalue weighted by Crippen LogP contribution is -2.55. The number of carbonyl (C=O) groups excluding carboxylic acids is 2. The molecule has 0 radical (unpaired) electrons. The van der Waals surface area contributed by atoms with Gasteiger partial charge in [0.1, 0.15) is 11.6 Å². The predicted octanol–water partition coefficient (Wildman–Crippen LogP) is 2.72. The van der Waals surface area contributed by atoms with Crippen molar-refractivity contribution in [3.05, 3.63) is 36.2 Å². The minimum atomic E-state index is -2.78. The molecule has 218 valence electrons. The zero-order valence-electron chi connectivity index (χ0n) is 23.0. The van der Waals surface area contributed by atoms with Crippen molar-refractivity contribution in [1.29, 1.82) is 0 Å². The summed E-state index contributed by atoms with van der Waals surface area (Å²) in [5, 5.41) is 3.37. The molecule has 11 nitrogen and oxygen atoms in total. The second kappa shape index (κ2) is 11.6. The number of hydrogen-bond acceptors (Lipinski definition) is 8. The Morgan fingerprint density at radius 3 is 2.46 bits per heavy atom. The number of imidazole rings is 1. The van der Waals surface area contributed by atoms with Gasteiger partial charge in [-0.3, -0.25) is 14.2 Å². The van der Waals surface area contributed by atoms with E-state index < -0.39 is 6.43 Å². The predicted molar refractivity (Wildman–Crippen MR) is 148 cm³/mol. The van der Waals surface area contributed by atoms with E-state index in [1.807, 2.05) is 9.80 Å². The molecule has 0 spiro atoms. The molecule has 0 bridgehead atoms. The number of aromatic nitrogens is 4. The lowest BCUT2D eigenvalue weighted by molar-refractivity contribution is -0.145. The van der Waals surface area contributed by atoms with E-state index in [2.05, 4.69) is 15.3 Å². The van der Waals surface area contributed by atoms with E-state index in [1.54, 1.807) is 42.2 Å². The molecular weight excluding hydrogens is 534 g/mol. The Labute approximate surface area is 236 Å². The maximum absolute atomic E-state index is 14.1. The number of para-hydroxylation sites is 2. The van der Waals surface area contributed by atoms with Gasteiger partial charge < -0.3 is 24.8 Å². The van der Waals surface area contributed by atoms with E-state index in [4.69, 9.17) is 9.72 Å². The highest BCUT2D eigenvalue weighted by atomic mass is 19.3. The normalized spacial score (nSPS) is 18.7. The Kier molecular flexibility index (Phi) is 7.69. The van der Waals surface area contributed by atoms with Gasteiger partial charge in [-0.25, -0.2) is 13.8 Å². The third-order valence-electron chi connectivity index (χ3n) is 8.14. The number of benzene rings is 1. The Balaban J connectivity index is 1.17. The Morgan fingerprint density at radius 1 is 1.02 bits per heavy atom. The number of nitrogens with one attached hydrogen (secondary N) is 1. The van der Waals surface area contributed by atoms with Crippen LogP contribution in [0.1, 0.15) is 32.0 Å². The van der Waals surface area contributed by atoms with Crippen LogP contribution in [-0.2, 0) is 14.3 Å². The second-order valence-corrected chi connectivity index (χ2v) is 10.9. The third kappa shape index (κ3) is 5.67. The van der Waals surface area contributed by atoms with Gasteiger partial charge >= 0.3 is 0 Å². The van der Waals surface area contributed by atoms with Crippen LogP contribution in [0.2, 0.25) is 0 Å². The minimum Gasteiger partial charge on any atom is -0.378 e. The molecule has 0 aliphatic carbocycles. The Hall–Kier alpha value is -3.87. The van der Waals surface area contributed by atoms with Crippen molar-refractivity contribution in [2.24, 2.45) is 11.8 Å². The highest BCUT2D eigenvalue weighted by Gasteiger charge is 2.36. The highest BCUT2D eigenvalue weighted by Crippen LogP contribution is 2.30. The van der Waals surface area contributed by atoms with Crippen molar-refractivity contribution in [3.8, 4) is 5.82 Å². The van der Waals surface area contributed by atoms with E-state index in [-0.39, 0.29) is 29.5 Å². The lowest BCUT2D eigenvalue weighted by Gasteiger charge is -2.42. The standard InChI is InChI=1S/C28H34F2N8O3/c1-18(39)35-8-6-20(7-9-35)27(40)37-16-19(17-37)15-31-23-14-24(34-28(33-23)36-10-12-41-13-11-36)38-22-5-3-2-4-21(22)32-26(38)25(29)30/h2-5,14,19-20,25H,6-13,15-17H2,1H3,(H,31,33,34). The van der Waals surface area contributed by atoms with Crippen molar-refractivity contribution in [1.82, 2.24) is 29.3 Å². The van der Waals surface area contributed by atoms with Crippen LogP contribution in [0.15, 0.2) is 30.3 Å². The number of morpholine rings is 1. The molecule has 3 saturated heterocycles. The van der Waals surface area contributed by atoms with Gasteiger partial charge in [0.05, 0.1) is 24.2 Å². The first kappa shape index (κ1) is 27.3. The fourth-order valence-corrected chi connectivity index (χ4v) is 5.79. The molecule has 0 atom stereocenters. The Bertz CT molecular complexity index is 1410. The molecule has 3 aromatic rings. The summed E-state index contributed by atoms with van der Waals surface area (Å²) in [6, 6.07) is 8.69. The molecule has 0 saturated carbocycles. The first-order valence-corrected chi connectivity index (χ1v) is 14.1. The van der Waals surface area contributed by atoms with Crippen LogP contribution in [0.4, 0.5) is 20.5 Å². The van der Waals surface area contributed by atoms with Crippen LogP contribution < -0.4 is 10.2 Å². The van der Waals surface area contributed by atoms with Crippen LogP contribution in [0.25, 0.3) is 16.9 Å². The number of rotatable bonds is 7. The number of halogens is 2. The second-order valence-electron chi connectivity index (χ2n) is 10.9. The van der Waals surface area contributed by atoms with E-state index in [9.17, 15) is 18.4 Å². The SMILES string of the molecule is CC(=O)N1CCC(C(=O)N2CC(CNc3cc(-n4c(C(F)F)nc5ccccc54)nc(N4CCOCC4)n3)C2)CC1. The van der Waals surface area contributed by atoms with E-state index in [0.717, 1.165) is 0 Å². The quantitative estimate of drug-likeness (QED) is 0.464. The summed E-state index contributed by atoms with van der Waals surface area (Å²) in [6.07, 6.45) is -1.38. The van der Waals surface area contributed by atoms with Gasteiger partial charge in [0.15, 0.2) is 5.82 Å². The molecule has 2 amide bonds. The van der Waals surface area contributed by atoms with Gasteiger partial charge in [-0.1, -0.05) is 12.1 Å². The number of nitrogens with zero attached hydrogens (tertiary/aromatic N) is 7. The molecule has 1 aromatic carbocycles. The number of anilines is 2. The molecule has 2 aromatic heterocycles. The van der Waals surface area contributed by atoms with Gasteiger partial charge in [0, 0.05) is 70.6 Å². The number of fused-ring (bicyclic) bond motifs is 1. The summed E-state index contributed by atoms with van der Waals surface area (Å²) in [4.78, 5) is 43.8. The molecule has 3 aliphatic heterocycles. The van der Waals surface area contributed by atoms with Crippen molar-refractivity contribution < 1.29 is 23.1 Å². The monoisotopic (exact) mass is 568 g/mol.